The van der Waals surface area contributed by atoms with Gasteiger partial charge >= 0.3 is 5.97 Å². The highest BCUT2D eigenvalue weighted by Gasteiger charge is 2.33. The minimum Gasteiger partial charge on any atom is -0.491 e. The number of hydrogen-bond acceptors (Lipinski definition) is 4. The molecule has 1 fully saturated rings. The molecule has 1 aromatic rings. The van der Waals surface area contributed by atoms with Crippen molar-refractivity contribution in [3.05, 3.63) is 30.3 Å². The number of hydrogen-bond donors (Lipinski definition) is 1. The van der Waals surface area contributed by atoms with Gasteiger partial charge in [-0.1, -0.05) is 18.2 Å². The van der Waals surface area contributed by atoms with Gasteiger partial charge in [0.25, 0.3) is 0 Å². The van der Waals surface area contributed by atoms with Crippen LogP contribution in [-0.2, 0) is 14.3 Å². The monoisotopic (exact) mass is 293 g/mol. The van der Waals surface area contributed by atoms with Crippen LogP contribution in [0.5, 0.6) is 5.75 Å². The maximum absolute atomic E-state index is 11.9. The van der Waals surface area contributed by atoms with Gasteiger partial charge in [-0.3, -0.25) is 4.79 Å². The molecular weight excluding hydrogens is 274 g/mol. The highest BCUT2D eigenvalue weighted by atomic mass is 16.5. The third kappa shape index (κ3) is 4.46. The number of nitrogens with zero attached hydrogens (tertiary/aromatic N) is 1. The highest BCUT2D eigenvalue weighted by Crippen LogP contribution is 2.17. The van der Waals surface area contributed by atoms with Crippen molar-refractivity contribution in [1.29, 1.82) is 0 Å². The van der Waals surface area contributed by atoms with E-state index < -0.39 is 12.0 Å². The molecule has 114 valence electrons. The van der Waals surface area contributed by atoms with Crippen molar-refractivity contribution in [2.45, 2.75) is 18.9 Å². The molecule has 1 aliphatic heterocycles. The fraction of sp³-hybridized carbons (Fsp3) is 0.467. The molecule has 1 saturated heterocycles. The maximum Gasteiger partial charge on any atom is 0.326 e. The molecule has 1 atom stereocenters. The molecule has 0 bridgehead atoms. The van der Waals surface area contributed by atoms with E-state index in [4.69, 9.17) is 14.6 Å². The van der Waals surface area contributed by atoms with E-state index in [0.29, 0.717) is 19.6 Å². The standard InChI is InChI=1S/C15H19NO5/c17-14(16-8-4-7-13(16)15(18)19)11-20-9-10-21-12-5-2-1-3-6-12/h1-3,5-6,13H,4,7-11H2,(H,18,19). The number of likely N-dealkylation sites (tertiary alicyclic amines) is 1. The second-order valence-electron chi connectivity index (χ2n) is 4.80. The van der Waals surface area contributed by atoms with E-state index in [1.54, 1.807) is 0 Å². The number of rotatable bonds is 7. The summed E-state index contributed by atoms with van der Waals surface area (Å²) in [6.45, 7) is 1.01. The van der Waals surface area contributed by atoms with Crippen LogP contribution >= 0.6 is 0 Å². The van der Waals surface area contributed by atoms with E-state index in [2.05, 4.69) is 0 Å². The second-order valence-corrected chi connectivity index (χ2v) is 4.80. The summed E-state index contributed by atoms with van der Waals surface area (Å²) < 4.78 is 10.7. The van der Waals surface area contributed by atoms with Gasteiger partial charge in [0.2, 0.25) is 5.91 Å². The number of benzene rings is 1. The van der Waals surface area contributed by atoms with Crippen molar-refractivity contribution >= 4 is 11.9 Å². The Labute approximate surface area is 123 Å². The molecule has 0 aromatic heterocycles. The number of carboxylic acids is 1. The lowest BCUT2D eigenvalue weighted by molar-refractivity contribution is -0.150. The normalized spacial score (nSPS) is 17.7. The molecule has 1 amide bonds. The number of carbonyl (C=O) groups excluding carboxylic acids is 1. The molecule has 0 spiro atoms. The fourth-order valence-corrected chi connectivity index (χ4v) is 2.30. The highest BCUT2D eigenvalue weighted by molar-refractivity contribution is 5.84. The predicted molar refractivity (Wildman–Crippen MR) is 75.1 cm³/mol. The zero-order chi connectivity index (χ0) is 15.1. The molecule has 1 aliphatic rings. The van der Waals surface area contributed by atoms with Crippen LogP contribution in [0.3, 0.4) is 0 Å². The van der Waals surface area contributed by atoms with Crippen molar-refractivity contribution in [3.8, 4) is 5.75 Å². The van der Waals surface area contributed by atoms with Crippen LogP contribution < -0.4 is 4.74 Å². The Kier molecular flexibility index (Phi) is 5.57. The molecule has 0 radical (unpaired) electrons. The van der Waals surface area contributed by atoms with Crippen LogP contribution in [0, 0.1) is 0 Å². The lowest BCUT2D eigenvalue weighted by atomic mass is 10.2. The SMILES string of the molecule is O=C(O)C1CCCN1C(=O)COCCOc1ccccc1. The molecule has 1 aromatic carbocycles. The molecule has 0 saturated carbocycles. The lowest BCUT2D eigenvalue weighted by Gasteiger charge is -2.21. The minimum atomic E-state index is -0.951. The van der Waals surface area contributed by atoms with E-state index in [9.17, 15) is 9.59 Å². The number of carbonyl (C=O) groups is 2. The summed E-state index contributed by atoms with van der Waals surface area (Å²) in [5, 5.41) is 9.01. The Morgan fingerprint density at radius 3 is 2.71 bits per heavy atom. The fourth-order valence-electron chi connectivity index (χ4n) is 2.30. The molecule has 1 heterocycles. The zero-order valence-electron chi connectivity index (χ0n) is 11.7. The van der Waals surface area contributed by atoms with E-state index in [1.165, 1.54) is 4.90 Å². The van der Waals surface area contributed by atoms with Gasteiger partial charge in [0.15, 0.2) is 0 Å². The number of carboxylic acid groups (broad SMARTS) is 1. The first-order valence-electron chi connectivity index (χ1n) is 6.96. The van der Waals surface area contributed by atoms with E-state index in [-0.39, 0.29) is 19.1 Å². The molecule has 0 aliphatic carbocycles. The third-order valence-corrected chi connectivity index (χ3v) is 3.32. The summed E-state index contributed by atoms with van der Waals surface area (Å²) in [6.07, 6.45) is 1.23. The smallest absolute Gasteiger partial charge is 0.326 e. The largest absolute Gasteiger partial charge is 0.491 e. The van der Waals surface area contributed by atoms with Crippen molar-refractivity contribution in [2.75, 3.05) is 26.4 Å². The summed E-state index contributed by atoms with van der Waals surface area (Å²) in [5.74, 6) is -0.481. The Balaban J connectivity index is 1.64. The van der Waals surface area contributed by atoms with Crippen LogP contribution in [0.2, 0.25) is 0 Å². The van der Waals surface area contributed by atoms with Crippen LogP contribution in [-0.4, -0.2) is 54.3 Å². The van der Waals surface area contributed by atoms with Crippen molar-refractivity contribution in [2.24, 2.45) is 0 Å². The van der Waals surface area contributed by atoms with Crippen LogP contribution in [0.1, 0.15) is 12.8 Å². The van der Waals surface area contributed by atoms with Gasteiger partial charge in [-0.05, 0) is 25.0 Å². The Morgan fingerprint density at radius 1 is 1.24 bits per heavy atom. The summed E-state index contributed by atoms with van der Waals surface area (Å²) >= 11 is 0. The predicted octanol–water partition coefficient (Wildman–Crippen LogP) is 1.16. The Hall–Kier alpha value is -2.08. The third-order valence-electron chi connectivity index (χ3n) is 3.32. The van der Waals surface area contributed by atoms with Crippen molar-refractivity contribution < 1.29 is 24.2 Å². The molecule has 2 rings (SSSR count). The minimum absolute atomic E-state index is 0.109. The van der Waals surface area contributed by atoms with E-state index in [0.717, 1.165) is 12.2 Å². The average molecular weight is 293 g/mol. The first-order chi connectivity index (χ1) is 10.2. The first kappa shape index (κ1) is 15.3. The molecule has 6 heteroatoms. The Morgan fingerprint density at radius 2 is 2.00 bits per heavy atom. The number of amides is 1. The summed E-state index contributed by atoms with van der Waals surface area (Å²) in [5.41, 5.74) is 0. The van der Waals surface area contributed by atoms with Crippen molar-refractivity contribution in [3.63, 3.8) is 0 Å². The van der Waals surface area contributed by atoms with Crippen LogP contribution in [0.25, 0.3) is 0 Å². The van der Waals surface area contributed by atoms with Gasteiger partial charge in [-0.25, -0.2) is 4.79 Å². The average Bonchev–Trinajstić information content (AvgIpc) is 2.97. The Bertz CT molecular complexity index is 476. The number of aliphatic carboxylic acids is 1. The molecular formula is C15H19NO5. The van der Waals surface area contributed by atoms with Crippen molar-refractivity contribution in [1.82, 2.24) is 4.90 Å². The molecule has 6 nitrogen and oxygen atoms in total. The summed E-state index contributed by atoms with van der Waals surface area (Å²) in [7, 11) is 0. The van der Waals surface area contributed by atoms with Gasteiger partial charge in [0.05, 0.1) is 6.61 Å². The van der Waals surface area contributed by atoms with Crippen LogP contribution in [0.15, 0.2) is 30.3 Å². The van der Waals surface area contributed by atoms with Crippen LogP contribution in [0.4, 0.5) is 0 Å². The van der Waals surface area contributed by atoms with Gasteiger partial charge in [-0.2, -0.15) is 0 Å². The number of para-hydroxylation sites is 1. The second kappa shape index (κ2) is 7.64. The van der Waals surface area contributed by atoms with Gasteiger partial charge < -0.3 is 19.5 Å². The van der Waals surface area contributed by atoms with Gasteiger partial charge in [-0.15, -0.1) is 0 Å². The summed E-state index contributed by atoms with van der Waals surface area (Å²) in [6, 6.07) is 8.62. The maximum atomic E-state index is 11.9. The number of ether oxygens (including phenoxy) is 2. The summed E-state index contributed by atoms with van der Waals surface area (Å²) in [4.78, 5) is 24.3. The van der Waals surface area contributed by atoms with E-state index >= 15 is 0 Å². The first-order valence-corrected chi connectivity index (χ1v) is 6.96. The van der Waals surface area contributed by atoms with Gasteiger partial charge in [0, 0.05) is 6.54 Å². The molecule has 1 unspecified atom stereocenters. The lowest BCUT2D eigenvalue weighted by Crippen LogP contribution is -2.42. The van der Waals surface area contributed by atoms with Gasteiger partial charge in [0.1, 0.15) is 25.0 Å². The quantitative estimate of drug-likeness (QED) is 0.763. The topological polar surface area (TPSA) is 76.1 Å². The molecule has 1 N–H and O–H groups in total. The van der Waals surface area contributed by atoms with E-state index in [1.807, 2.05) is 30.3 Å². The molecule has 21 heavy (non-hydrogen) atoms. The zero-order valence-corrected chi connectivity index (χ0v) is 11.7.